The fourth-order valence-electron chi connectivity index (χ4n) is 2.74. The SMILES string of the molecule is Cl.Cn1ccnc1C1CNCCN1S(=O)(=O)CCc1cccs1. The van der Waals surface area contributed by atoms with Gasteiger partial charge in [-0.3, -0.25) is 0 Å². The number of rotatable bonds is 5. The second-order valence-electron chi connectivity index (χ2n) is 5.37. The second kappa shape index (κ2) is 7.76. The number of hydrogen-bond acceptors (Lipinski definition) is 5. The van der Waals surface area contributed by atoms with E-state index in [4.69, 9.17) is 0 Å². The molecule has 0 aromatic carbocycles. The predicted octanol–water partition coefficient (Wildman–Crippen LogP) is 1.42. The van der Waals surface area contributed by atoms with Crippen LogP contribution in [-0.2, 0) is 23.5 Å². The van der Waals surface area contributed by atoms with Crippen LogP contribution in [0.5, 0.6) is 0 Å². The number of sulfonamides is 1. The average Bonchev–Trinajstić information content (AvgIpc) is 3.16. The molecule has 9 heteroatoms. The minimum atomic E-state index is -3.30. The smallest absolute Gasteiger partial charge is 0.215 e. The molecule has 0 bridgehead atoms. The van der Waals surface area contributed by atoms with Gasteiger partial charge in [-0.25, -0.2) is 13.4 Å². The molecular formula is C14H21ClN4O2S2. The molecular weight excluding hydrogens is 356 g/mol. The van der Waals surface area contributed by atoms with Crippen molar-refractivity contribution in [2.45, 2.75) is 12.5 Å². The van der Waals surface area contributed by atoms with Crippen LogP contribution < -0.4 is 5.32 Å². The van der Waals surface area contributed by atoms with Crippen molar-refractivity contribution in [2.24, 2.45) is 7.05 Å². The van der Waals surface area contributed by atoms with Crippen LogP contribution >= 0.6 is 23.7 Å². The van der Waals surface area contributed by atoms with Crippen molar-refractivity contribution in [2.75, 3.05) is 25.4 Å². The van der Waals surface area contributed by atoms with Gasteiger partial charge in [-0.2, -0.15) is 4.31 Å². The fraction of sp³-hybridized carbons (Fsp3) is 0.500. The number of halogens is 1. The van der Waals surface area contributed by atoms with Crippen LogP contribution in [0.3, 0.4) is 0 Å². The lowest BCUT2D eigenvalue weighted by Gasteiger charge is -2.34. The van der Waals surface area contributed by atoms with Gasteiger partial charge >= 0.3 is 0 Å². The van der Waals surface area contributed by atoms with E-state index < -0.39 is 10.0 Å². The molecule has 128 valence electrons. The lowest BCUT2D eigenvalue weighted by molar-refractivity contribution is 0.258. The third-order valence-corrected chi connectivity index (χ3v) is 6.70. The van der Waals surface area contributed by atoms with E-state index in [2.05, 4.69) is 10.3 Å². The van der Waals surface area contributed by atoms with Gasteiger partial charge < -0.3 is 9.88 Å². The number of nitrogens with zero attached hydrogens (tertiary/aromatic N) is 3. The maximum absolute atomic E-state index is 12.8. The summed E-state index contributed by atoms with van der Waals surface area (Å²) in [7, 11) is -1.41. The van der Waals surface area contributed by atoms with Gasteiger partial charge in [-0.15, -0.1) is 23.7 Å². The van der Waals surface area contributed by atoms with E-state index in [0.29, 0.717) is 26.1 Å². The summed E-state index contributed by atoms with van der Waals surface area (Å²) >= 11 is 1.60. The zero-order chi connectivity index (χ0) is 15.6. The van der Waals surface area contributed by atoms with Crippen molar-refractivity contribution in [3.05, 3.63) is 40.6 Å². The minimum absolute atomic E-state index is 0. The first-order valence-electron chi connectivity index (χ1n) is 7.28. The highest BCUT2D eigenvalue weighted by Gasteiger charge is 2.34. The monoisotopic (exact) mass is 376 g/mol. The van der Waals surface area contributed by atoms with Gasteiger partial charge in [-0.05, 0) is 17.9 Å². The summed E-state index contributed by atoms with van der Waals surface area (Å²) in [6.45, 7) is 1.77. The number of piperazine rings is 1. The highest BCUT2D eigenvalue weighted by Crippen LogP contribution is 2.24. The highest BCUT2D eigenvalue weighted by molar-refractivity contribution is 7.89. The van der Waals surface area contributed by atoms with E-state index in [9.17, 15) is 8.42 Å². The first kappa shape index (κ1) is 18.4. The molecule has 1 saturated heterocycles. The van der Waals surface area contributed by atoms with Crippen molar-refractivity contribution < 1.29 is 8.42 Å². The van der Waals surface area contributed by atoms with Crippen LogP contribution in [-0.4, -0.2) is 47.7 Å². The van der Waals surface area contributed by atoms with E-state index in [0.717, 1.165) is 10.7 Å². The molecule has 1 fully saturated rings. The largest absolute Gasteiger partial charge is 0.337 e. The van der Waals surface area contributed by atoms with Crippen molar-refractivity contribution >= 4 is 33.8 Å². The molecule has 0 spiro atoms. The Bertz CT molecular complexity index is 715. The van der Waals surface area contributed by atoms with E-state index in [-0.39, 0.29) is 24.2 Å². The van der Waals surface area contributed by atoms with Gasteiger partial charge in [-0.1, -0.05) is 6.07 Å². The lowest BCUT2D eigenvalue weighted by Crippen LogP contribution is -2.50. The Morgan fingerprint density at radius 3 is 2.96 bits per heavy atom. The van der Waals surface area contributed by atoms with Crippen LogP contribution in [0.25, 0.3) is 0 Å². The van der Waals surface area contributed by atoms with Gasteiger partial charge in [0, 0.05) is 44.0 Å². The van der Waals surface area contributed by atoms with Gasteiger partial charge in [0.25, 0.3) is 0 Å². The molecule has 1 atom stereocenters. The molecule has 6 nitrogen and oxygen atoms in total. The lowest BCUT2D eigenvalue weighted by atomic mass is 10.2. The summed E-state index contributed by atoms with van der Waals surface area (Å²) in [5, 5.41) is 5.24. The summed E-state index contributed by atoms with van der Waals surface area (Å²) in [6, 6.07) is 3.70. The van der Waals surface area contributed by atoms with Gasteiger partial charge in [0.05, 0.1) is 11.8 Å². The number of imidazole rings is 1. The Labute approximate surface area is 147 Å². The number of aryl methyl sites for hydroxylation is 2. The number of nitrogens with one attached hydrogen (secondary N) is 1. The summed E-state index contributed by atoms with van der Waals surface area (Å²) in [4.78, 5) is 5.44. The molecule has 2 aromatic heterocycles. The van der Waals surface area contributed by atoms with Crippen LogP contribution in [0, 0.1) is 0 Å². The second-order valence-corrected chi connectivity index (χ2v) is 8.45. The molecule has 1 unspecified atom stereocenters. The standard InChI is InChI=1S/C14H20N4O2S2.ClH/c1-17-7-6-16-14(17)13-11-15-5-8-18(13)22(19,20)10-4-12-3-2-9-21-12;/h2-3,6-7,9,13,15H,4-5,8,10-11H2,1H3;1H. The third-order valence-electron chi connectivity index (χ3n) is 3.89. The predicted molar refractivity (Wildman–Crippen MR) is 94.6 cm³/mol. The molecule has 0 radical (unpaired) electrons. The van der Waals surface area contributed by atoms with Crippen LogP contribution in [0.15, 0.2) is 29.9 Å². The van der Waals surface area contributed by atoms with Gasteiger partial charge in [0.1, 0.15) is 5.82 Å². The molecule has 0 amide bonds. The zero-order valence-corrected chi connectivity index (χ0v) is 15.3. The van der Waals surface area contributed by atoms with Gasteiger partial charge in [0.15, 0.2) is 0 Å². The van der Waals surface area contributed by atoms with E-state index in [1.807, 2.05) is 35.3 Å². The molecule has 1 aliphatic rings. The average molecular weight is 377 g/mol. The Morgan fingerprint density at radius 2 is 2.30 bits per heavy atom. The zero-order valence-electron chi connectivity index (χ0n) is 12.9. The Kier molecular flexibility index (Phi) is 6.21. The first-order valence-corrected chi connectivity index (χ1v) is 9.76. The first-order chi connectivity index (χ1) is 10.6. The minimum Gasteiger partial charge on any atom is -0.337 e. The van der Waals surface area contributed by atoms with Crippen molar-refractivity contribution in [1.82, 2.24) is 19.2 Å². The summed E-state index contributed by atoms with van der Waals surface area (Å²) in [5.41, 5.74) is 0. The number of hydrogen-bond donors (Lipinski definition) is 1. The molecule has 3 rings (SSSR count). The molecule has 1 aliphatic heterocycles. The highest BCUT2D eigenvalue weighted by atomic mass is 35.5. The van der Waals surface area contributed by atoms with Crippen molar-refractivity contribution in [1.29, 1.82) is 0 Å². The number of thiophene rings is 1. The van der Waals surface area contributed by atoms with Crippen LogP contribution in [0.2, 0.25) is 0 Å². The normalized spacial score (nSPS) is 19.4. The molecule has 1 N–H and O–H groups in total. The third kappa shape index (κ3) is 4.13. The molecule has 0 aliphatic carbocycles. The van der Waals surface area contributed by atoms with Crippen LogP contribution in [0.1, 0.15) is 16.7 Å². The van der Waals surface area contributed by atoms with E-state index in [1.54, 1.807) is 21.8 Å². The maximum atomic E-state index is 12.8. The van der Waals surface area contributed by atoms with Gasteiger partial charge in [0.2, 0.25) is 10.0 Å². The fourth-order valence-corrected chi connectivity index (χ4v) is 5.22. The summed E-state index contributed by atoms with van der Waals surface area (Å²) in [6.07, 6.45) is 4.12. The van der Waals surface area contributed by atoms with E-state index >= 15 is 0 Å². The quantitative estimate of drug-likeness (QED) is 0.857. The topological polar surface area (TPSA) is 67.2 Å². The maximum Gasteiger partial charge on any atom is 0.215 e. The molecule has 2 aromatic rings. The Balaban J connectivity index is 0.00000192. The van der Waals surface area contributed by atoms with Crippen molar-refractivity contribution in [3.63, 3.8) is 0 Å². The molecule has 3 heterocycles. The Hall–Kier alpha value is -0.930. The summed E-state index contributed by atoms with van der Waals surface area (Å²) in [5.74, 6) is 0.931. The van der Waals surface area contributed by atoms with Crippen LogP contribution in [0.4, 0.5) is 0 Å². The summed E-state index contributed by atoms with van der Waals surface area (Å²) < 4.78 is 29.0. The molecule has 0 saturated carbocycles. The molecule has 23 heavy (non-hydrogen) atoms. The van der Waals surface area contributed by atoms with E-state index in [1.165, 1.54) is 0 Å². The van der Waals surface area contributed by atoms with Crippen molar-refractivity contribution in [3.8, 4) is 0 Å². The number of aromatic nitrogens is 2. The Morgan fingerprint density at radius 1 is 1.48 bits per heavy atom.